The van der Waals surface area contributed by atoms with Crippen LogP contribution in [0.15, 0.2) is 42.5 Å². The zero-order valence-electron chi connectivity index (χ0n) is 11.8. The standard InChI is InChI=1S/C17H15IN2O/c1-10-3-8-15-14(9-10)11(2)16(20-15)17(21)19-13-6-4-12(18)5-7-13/h3-9,20H,1-2H3,(H,19,21). The van der Waals surface area contributed by atoms with E-state index in [0.29, 0.717) is 5.69 Å². The fraction of sp³-hybridized carbons (Fsp3) is 0.118. The Balaban J connectivity index is 1.94. The number of aromatic nitrogens is 1. The topological polar surface area (TPSA) is 44.9 Å². The van der Waals surface area contributed by atoms with Crippen molar-refractivity contribution < 1.29 is 4.79 Å². The van der Waals surface area contributed by atoms with Gasteiger partial charge in [-0.05, 0) is 78.4 Å². The molecule has 2 N–H and O–H groups in total. The number of carbonyl (C=O) groups excluding carboxylic acids is 1. The average molecular weight is 390 g/mol. The minimum absolute atomic E-state index is 0.109. The second kappa shape index (κ2) is 5.52. The first kappa shape index (κ1) is 14.1. The van der Waals surface area contributed by atoms with Crippen LogP contribution in [-0.4, -0.2) is 10.9 Å². The van der Waals surface area contributed by atoms with Gasteiger partial charge in [0, 0.05) is 20.2 Å². The average Bonchev–Trinajstić information content (AvgIpc) is 2.79. The minimum Gasteiger partial charge on any atom is -0.350 e. The van der Waals surface area contributed by atoms with Gasteiger partial charge in [-0.25, -0.2) is 0 Å². The van der Waals surface area contributed by atoms with Gasteiger partial charge in [0.15, 0.2) is 0 Å². The summed E-state index contributed by atoms with van der Waals surface area (Å²) in [5.41, 5.74) is 4.58. The molecule has 1 heterocycles. The number of amides is 1. The number of hydrogen-bond acceptors (Lipinski definition) is 1. The van der Waals surface area contributed by atoms with Crippen LogP contribution in [0.3, 0.4) is 0 Å². The fourth-order valence-corrected chi connectivity index (χ4v) is 2.75. The molecular weight excluding hydrogens is 375 g/mol. The van der Waals surface area contributed by atoms with Crippen LogP contribution in [0, 0.1) is 17.4 Å². The predicted molar refractivity (Wildman–Crippen MR) is 94.9 cm³/mol. The molecule has 0 aliphatic heterocycles. The van der Waals surface area contributed by atoms with E-state index in [9.17, 15) is 4.79 Å². The van der Waals surface area contributed by atoms with Crippen LogP contribution >= 0.6 is 22.6 Å². The van der Waals surface area contributed by atoms with E-state index in [1.807, 2.05) is 43.3 Å². The van der Waals surface area contributed by atoms with Gasteiger partial charge in [-0.15, -0.1) is 0 Å². The summed E-state index contributed by atoms with van der Waals surface area (Å²) in [4.78, 5) is 15.6. The second-order valence-corrected chi connectivity index (χ2v) is 6.38. The number of fused-ring (bicyclic) bond motifs is 1. The summed E-state index contributed by atoms with van der Waals surface area (Å²) in [6.07, 6.45) is 0. The third-order valence-corrected chi connectivity index (χ3v) is 4.26. The summed E-state index contributed by atoms with van der Waals surface area (Å²) >= 11 is 2.24. The molecule has 106 valence electrons. The molecule has 0 saturated carbocycles. The van der Waals surface area contributed by atoms with Gasteiger partial charge in [0.2, 0.25) is 0 Å². The Labute approximate surface area is 136 Å². The van der Waals surface area contributed by atoms with E-state index in [4.69, 9.17) is 0 Å². The molecule has 0 fully saturated rings. The SMILES string of the molecule is Cc1ccc2[nH]c(C(=O)Nc3ccc(I)cc3)c(C)c2c1. The lowest BCUT2D eigenvalue weighted by molar-refractivity contribution is 0.102. The zero-order chi connectivity index (χ0) is 15.0. The molecule has 0 aliphatic carbocycles. The highest BCUT2D eigenvalue weighted by Crippen LogP contribution is 2.23. The smallest absolute Gasteiger partial charge is 0.272 e. The molecule has 0 saturated heterocycles. The Hall–Kier alpha value is -1.82. The van der Waals surface area contributed by atoms with Gasteiger partial charge >= 0.3 is 0 Å². The fourth-order valence-electron chi connectivity index (χ4n) is 2.39. The number of anilines is 1. The van der Waals surface area contributed by atoms with Gasteiger partial charge in [0.05, 0.1) is 0 Å². The molecule has 3 rings (SSSR count). The summed E-state index contributed by atoms with van der Waals surface area (Å²) in [7, 11) is 0. The Kier molecular flexibility index (Phi) is 3.71. The van der Waals surface area contributed by atoms with Crippen molar-refractivity contribution in [3.05, 3.63) is 62.9 Å². The number of benzene rings is 2. The maximum atomic E-state index is 12.4. The Morgan fingerprint density at radius 2 is 1.81 bits per heavy atom. The van der Waals surface area contributed by atoms with E-state index < -0.39 is 0 Å². The summed E-state index contributed by atoms with van der Waals surface area (Å²) in [5, 5.41) is 4.03. The summed E-state index contributed by atoms with van der Waals surface area (Å²) in [5.74, 6) is -0.109. The van der Waals surface area contributed by atoms with Crippen molar-refractivity contribution in [1.82, 2.24) is 4.98 Å². The summed E-state index contributed by atoms with van der Waals surface area (Å²) < 4.78 is 1.14. The third-order valence-electron chi connectivity index (χ3n) is 3.54. The first-order chi connectivity index (χ1) is 10.0. The molecule has 21 heavy (non-hydrogen) atoms. The van der Waals surface area contributed by atoms with Crippen molar-refractivity contribution in [3.63, 3.8) is 0 Å². The molecule has 2 aromatic carbocycles. The summed E-state index contributed by atoms with van der Waals surface area (Å²) in [6.45, 7) is 4.03. The van der Waals surface area contributed by atoms with E-state index in [2.05, 4.69) is 45.9 Å². The first-order valence-electron chi connectivity index (χ1n) is 6.70. The van der Waals surface area contributed by atoms with E-state index >= 15 is 0 Å². The highest BCUT2D eigenvalue weighted by Gasteiger charge is 2.14. The van der Waals surface area contributed by atoms with Gasteiger partial charge in [-0.3, -0.25) is 4.79 Å². The van der Waals surface area contributed by atoms with E-state index in [0.717, 1.165) is 25.7 Å². The highest BCUT2D eigenvalue weighted by atomic mass is 127. The third kappa shape index (κ3) is 2.81. The normalized spacial score (nSPS) is 10.8. The lowest BCUT2D eigenvalue weighted by atomic mass is 10.1. The second-order valence-electron chi connectivity index (χ2n) is 5.14. The Morgan fingerprint density at radius 3 is 2.52 bits per heavy atom. The number of nitrogens with one attached hydrogen (secondary N) is 2. The Morgan fingerprint density at radius 1 is 1.10 bits per heavy atom. The largest absolute Gasteiger partial charge is 0.350 e. The van der Waals surface area contributed by atoms with Crippen LogP contribution in [0.4, 0.5) is 5.69 Å². The Bertz CT molecular complexity index is 819. The number of H-pyrrole nitrogens is 1. The molecule has 1 aromatic heterocycles. The molecule has 0 unspecified atom stereocenters. The molecule has 0 aliphatic rings. The molecule has 0 spiro atoms. The number of carbonyl (C=O) groups is 1. The number of aryl methyl sites for hydroxylation is 2. The van der Waals surface area contributed by atoms with Crippen molar-refractivity contribution in [1.29, 1.82) is 0 Å². The molecule has 0 atom stereocenters. The minimum atomic E-state index is -0.109. The molecule has 4 heteroatoms. The predicted octanol–water partition coefficient (Wildman–Crippen LogP) is 4.64. The van der Waals surface area contributed by atoms with Gasteiger partial charge in [0.25, 0.3) is 5.91 Å². The number of hydrogen-bond donors (Lipinski definition) is 2. The molecule has 0 bridgehead atoms. The van der Waals surface area contributed by atoms with Crippen LogP contribution in [0.5, 0.6) is 0 Å². The monoisotopic (exact) mass is 390 g/mol. The maximum absolute atomic E-state index is 12.4. The van der Waals surface area contributed by atoms with Crippen LogP contribution in [0.1, 0.15) is 21.6 Å². The summed E-state index contributed by atoms with van der Waals surface area (Å²) in [6, 6.07) is 13.9. The molecule has 1 amide bonds. The molecular formula is C17H15IN2O. The maximum Gasteiger partial charge on any atom is 0.272 e. The molecule has 3 aromatic rings. The highest BCUT2D eigenvalue weighted by molar-refractivity contribution is 14.1. The first-order valence-corrected chi connectivity index (χ1v) is 7.78. The molecule has 0 radical (unpaired) electrons. The van der Waals surface area contributed by atoms with E-state index in [1.54, 1.807) is 0 Å². The van der Waals surface area contributed by atoms with Crippen LogP contribution in [-0.2, 0) is 0 Å². The van der Waals surface area contributed by atoms with Crippen molar-refractivity contribution >= 4 is 45.1 Å². The van der Waals surface area contributed by atoms with Gasteiger partial charge < -0.3 is 10.3 Å². The lowest BCUT2D eigenvalue weighted by Gasteiger charge is -2.04. The van der Waals surface area contributed by atoms with Crippen molar-refractivity contribution in [2.75, 3.05) is 5.32 Å². The number of rotatable bonds is 2. The number of aromatic amines is 1. The van der Waals surface area contributed by atoms with Crippen LogP contribution in [0.2, 0.25) is 0 Å². The van der Waals surface area contributed by atoms with Gasteiger partial charge in [0.1, 0.15) is 5.69 Å². The van der Waals surface area contributed by atoms with Crippen molar-refractivity contribution in [2.45, 2.75) is 13.8 Å². The van der Waals surface area contributed by atoms with Crippen LogP contribution in [0.25, 0.3) is 10.9 Å². The van der Waals surface area contributed by atoms with Crippen molar-refractivity contribution in [3.8, 4) is 0 Å². The zero-order valence-corrected chi connectivity index (χ0v) is 14.0. The molecule has 3 nitrogen and oxygen atoms in total. The van der Waals surface area contributed by atoms with Gasteiger partial charge in [-0.1, -0.05) is 11.6 Å². The lowest BCUT2D eigenvalue weighted by Crippen LogP contribution is -2.13. The quantitative estimate of drug-likeness (QED) is 0.616. The van der Waals surface area contributed by atoms with Gasteiger partial charge in [-0.2, -0.15) is 0 Å². The number of halogens is 1. The van der Waals surface area contributed by atoms with E-state index in [1.165, 1.54) is 5.56 Å². The van der Waals surface area contributed by atoms with E-state index in [-0.39, 0.29) is 5.91 Å². The van der Waals surface area contributed by atoms with Crippen molar-refractivity contribution in [2.24, 2.45) is 0 Å². The van der Waals surface area contributed by atoms with Crippen LogP contribution < -0.4 is 5.32 Å².